The van der Waals surface area contributed by atoms with Crippen molar-refractivity contribution in [3.05, 3.63) is 46.2 Å². The molecule has 5 nitrogen and oxygen atoms in total. The quantitative estimate of drug-likeness (QED) is 0.805. The summed E-state index contributed by atoms with van der Waals surface area (Å²) in [7, 11) is 0. The van der Waals surface area contributed by atoms with Crippen molar-refractivity contribution in [3.63, 3.8) is 0 Å². The molecule has 3 N–H and O–H groups in total. The van der Waals surface area contributed by atoms with Gasteiger partial charge >= 0.3 is 0 Å². The first kappa shape index (κ1) is 15.3. The summed E-state index contributed by atoms with van der Waals surface area (Å²) in [6.45, 7) is 6.64. The second-order valence-electron chi connectivity index (χ2n) is 6.22. The molecule has 0 unspecified atom stereocenters. The van der Waals surface area contributed by atoms with Gasteiger partial charge in [-0.2, -0.15) is 0 Å². The Balaban J connectivity index is 2.42. The summed E-state index contributed by atoms with van der Waals surface area (Å²) in [5.41, 5.74) is -1.60. The van der Waals surface area contributed by atoms with Crippen LogP contribution in [0.2, 0.25) is 0 Å². The van der Waals surface area contributed by atoms with E-state index in [2.05, 4.69) is 10.3 Å². The molecule has 0 bridgehead atoms. The Morgan fingerprint density at radius 2 is 1.81 bits per heavy atom. The van der Waals surface area contributed by atoms with Crippen molar-refractivity contribution < 1.29 is 9.90 Å². The van der Waals surface area contributed by atoms with Gasteiger partial charge < -0.3 is 15.4 Å². The molecule has 2 aromatic rings. The maximum atomic E-state index is 12.4. The third-order valence-corrected chi connectivity index (χ3v) is 3.99. The average Bonchev–Trinajstić information content (AvgIpc) is 2.37. The molecule has 1 heterocycles. The first-order valence-electron chi connectivity index (χ1n) is 6.79. The number of benzene rings is 1. The van der Waals surface area contributed by atoms with E-state index in [1.165, 1.54) is 6.20 Å². The maximum Gasteiger partial charge on any atom is 0.257 e. The summed E-state index contributed by atoms with van der Waals surface area (Å²) >= 11 is 0. The fourth-order valence-electron chi connectivity index (χ4n) is 1.84. The van der Waals surface area contributed by atoms with Crippen LogP contribution in [0.4, 0.5) is 0 Å². The number of aromatic nitrogens is 1. The number of carbonyl (C=O) groups excluding carboxylic acids is 1. The zero-order valence-corrected chi connectivity index (χ0v) is 12.7. The van der Waals surface area contributed by atoms with Gasteiger partial charge in [0.2, 0.25) is 5.43 Å². The number of fused-ring (bicyclic) bond motifs is 1. The van der Waals surface area contributed by atoms with E-state index in [1.807, 2.05) is 6.07 Å². The summed E-state index contributed by atoms with van der Waals surface area (Å²) in [6, 6.07) is 7.01. The number of aliphatic hydroxyl groups is 1. The van der Waals surface area contributed by atoms with E-state index in [0.717, 1.165) is 0 Å². The fourth-order valence-corrected chi connectivity index (χ4v) is 1.84. The van der Waals surface area contributed by atoms with Crippen LogP contribution in [0, 0.1) is 0 Å². The number of rotatable bonds is 3. The zero-order chi connectivity index (χ0) is 15.8. The lowest BCUT2D eigenvalue weighted by atomic mass is 9.86. The first-order valence-corrected chi connectivity index (χ1v) is 6.79. The normalized spacial score (nSPS) is 12.4. The SMILES string of the molecule is CC(C)(O)C(C)(C)NC(=O)c1c[nH]c2ccccc2c1=O. The Bertz CT molecular complexity index is 739. The van der Waals surface area contributed by atoms with E-state index in [1.54, 1.807) is 45.9 Å². The van der Waals surface area contributed by atoms with Crippen molar-refractivity contribution in [2.75, 3.05) is 0 Å². The van der Waals surface area contributed by atoms with Crippen LogP contribution in [-0.4, -0.2) is 27.1 Å². The molecule has 1 aromatic heterocycles. The topological polar surface area (TPSA) is 82.2 Å². The minimum atomic E-state index is -1.12. The van der Waals surface area contributed by atoms with E-state index < -0.39 is 17.0 Å². The lowest BCUT2D eigenvalue weighted by molar-refractivity contribution is -0.00295. The van der Waals surface area contributed by atoms with E-state index in [4.69, 9.17) is 0 Å². The predicted molar refractivity (Wildman–Crippen MR) is 82.4 cm³/mol. The van der Waals surface area contributed by atoms with E-state index in [-0.39, 0.29) is 11.0 Å². The van der Waals surface area contributed by atoms with Crippen molar-refractivity contribution in [2.45, 2.75) is 38.8 Å². The second-order valence-corrected chi connectivity index (χ2v) is 6.22. The van der Waals surface area contributed by atoms with Crippen molar-refractivity contribution in [1.29, 1.82) is 0 Å². The highest BCUT2D eigenvalue weighted by molar-refractivity contribution is 5.97. The smallest absolute Gasteiger partial charge is 0.257 e. The standard InChI is InChI=1S/C16H20N2O3/c1-15(2,16(3,4)21)18-14(20)11-9-17-12-8-6-5-7-10(12)13(11)19/h5-9,21H,1-4H3,(H,17,19)(H,18,20). The van der Waals surface area contributed by atoms with Gasteiger partial charge in [-0.15, -0.1) is 0 Å². The summed E-state index contributed by atoms with van der Waals surface area (Å²) < 4.78 is 0. The summed E-state index contributed by atoms with van der Waals surface area (Å²) in [5, 5.41) is 13.3. The molecule has 0 aliphatic heterocycles. The Labute approximate surface area is 123 Å². The molecule has 1 amide bonds. The summed E-state index contributed by atoms with van der Waals surface area (Å²) in [4.78, 5) is 27.6. The van der Waals surface area contributed by atoms with Crippen molar-refractivity contribution in [2.24, 2.45) is 0 Å². The number of hydrogen-bond donors (Lipinski definition) is 3. The van der Waals surface area contributed by atoms with Crippen LogP contribution in [0.5, 0.6) is 0 Å². The van der Waals surface area contributed by atoms with Gasteiger partial charge in [0.1, 0.15) is 5.56 Å². The Morgan fingerprint density at radius 1 is 1.19 bits per heavy atom. The summed E-state index contributed by atoms with van der Waals surface area (Å²) in [6.07, 6.45) is 1.40. The largest absolute Gasteiger partial charge is 0.388 e. The molecule has 0 atom stereocenters. The lowest BCUT2D eigenvalue weighted by Crippen LogP contribution is -2.58. The molecule has 1 aromatic carbocycles. The number of carbonyl (C=O) groups is 1. The number of pyridine rings is 1. The van der Waals surface area contributed by atoms with E-state index in [9.17, 15) is 14.7 Å². The molecule has 0 spiro atoms. The van der Waals surface area contributed by atoms with E-state index >= 15 is 0 Å². The minimum absolute atomic E-state index is 0.0334. The molecule has 0 saturated carbocycles. The Kier molecular flexibility index (Phi) is 3.63. The van der Waals surface area contributed by atoms with E-state index in [0.29, 0.717) is 10.9 Å². The van der Waals surface area contributed by atoms with Gasteiger partial charge in [-0.3, -0.25) is 9.59 Å². The Hall–Kier alpha value is -2.14. The third-order valence-electron chi connectivity index (χ3n) is 3.99. The van der Waals surface area contributed by atoms with Crippen LogP contribution in [0.15, 0.2) is 35.3 Å². The number of nitrogens with one attached hydrogen (secondary N) is 2. The molecule has 0 aliphatic carbocycles. The highest BCUT2D eigenvalue weighted by Crippen LogP contribution is 2.20. The number of amides is 1. The highest BCUT2D eigenvalue weighted by atomic mass is 16.3. The van der Waals surface area contributed by atoms with Crippen molar-refractivity contribution in [1.82, 2.24) is 10.3 Å². The van der Waals surface area contributed by atoms with Crippen LogP contribution >= 0.6 is 0 Å². The molecule has 2 rings (SSSR count). The van der Waals surface area contributed by atoms with Gasteiger partial charge in [0.15, 0.2) is 0 Å². The molecular formula is C16H20N2O3. The average molecular weight is 288 g/mol. The number of aromatic amines is 1. The van der Waals surface area contributed by atoms with Crippen LogP contribution in [-0.2, 0) is 0 Å². The van der Waals surface area contributed by atoms with Gasteiger partial charge in [0.05, 0.1) is 11.1 Å². The molecule has 5 heteroatoms. The van der Waals surface area contributed by atoms with Gasteiger partial charge in [-0.1, -0.05) is 12.1 Å². The molecular weight excluding hydrogens is 268 g/mol. The first-order chi connectivity index (χ1) is 9.63. The highest BCUT2D eigenvalue weighted by Gasteiger charge is 2.36. The fraction of sp³-hybridized carbons (Fsp3) is 0.375. The lowest BCUT2D eigenvalue weighted by Gasteiger charge is -2.37. The van der Waals surface area contributed by atoms with Crippen molar-refractivity contribution >= 4 is 16.8 Å². The third kappa shape index (κ3) is 2.83. The monoisotopic (exact) mass is 288 g/mol. The summed E-state index contributed by atoms with van der Waals surface area (Å²) in [5.74, 6) is -0.505. The molecule has 0 saturated heterocycles. The van der Waals surface area contributed by atoms with Crippen LogP contribution < -0.4 is 10.7 Å². The van der Waals surface area contributed by atoms with Crippen LogP contribution in [0.25, 0.3) is 10.9 Å². The number of hydrogen-bond acceptors (Lipinski definition) is 3. The van der Waals surface area contributed by atoms with Gasteiger partial charge in [0.25, 0.3) is 5.91 Å². The molecule has 0 fully saturated rings. The van der Waals surface area contributed by atoms with Crippen molar-refractivity contribution in [3.8, 4) is 0 Å². The molecule has 112 valence electrons. The Morgan fingerprint density at radius 3 is 2.43 bits per heavy atom. The maximum absolute atomic E-state index is 12.4. The zero-order valence-electron chi connectivity index (χ0n) is 12.7. The number of para-hydroxylation sites is 1. The minimum Gasteiger partial charge on any atom is -0.388 e. The molecule has 0 aliphatic rings. The number of H-pyrrole nitrogens is 1. The van der Waals surface area contributed by atoms with Crippen LogP contribution in [0.1, 0.15) is 38.1 Å². The molecule has 0 radical (unpaired) electrons. The van der Waals surface area contributed by atoms with Gasteiger partial charge in [0, 0.05) is 17.1 Å². The molecule has 21 heavy (non-hydrogen) atoms. The van der Waals surface area contributed by atoms with Gasteiger partial charge in [-0.25, -0.2) is 0 Å². The second kappa shape index (κ2) is 5.00. The van der Waals surface area contributed by atoms with Gasteiger partial charge in [-0.05, 0) is 39.8 Å². The predicted octanol–water partition coefficient (Wildman–Crippen LogP) is 1.81. The van der Waals surface area contributed by atoms with Crippen LogP contribution in [0.3, 0.4) is 0 Å².